The fourth-order valence-corrected chi connectivity index (χ4v) is 6.09. The Hall–Kier alpha value is -5.01. The molecule has 0 saturated carbocycles. The molecule has 1 aliphatic rings. The van der Waals surface area contributed by atoms with Gasteiger partial charge in [-0.3, -0.25) is 19.1 Å². The van der Waals surface area contributed by atoms with Crippen LogP contribution in [0.2, 0.25) is 0 Å². The van der Waals surface area contributed by atoms with Crippen LogP contribution < -0.4 is 25.4 Å². The second-order valence-electron chi connectivity index (χ2n) is 11.6. The van der Waals surface area contributed by atoms with Gasteiger partial charge in [0.05, 0.1) is 12.5 Å². The lowest BCUT2D eigenvalue weighted by atomic mass is 10.0. The quantitative estimate of drug-likeness (QED) is 0.226. The molecule has 1 aliphatic heterocycles. The predicted octanol–water partition coefficient (Wildman–Crippen LogP) is 2.15. The summed E-state index contributed by atoms with van der Waals surface area (Å²) in [5.41, 5.74) is 3.13. The van der Waals surface area contributed by atoms with Crippen LogP contribution >= 0.6 is 0 Å². The average molecular weight is 659 g/mol. The van der Waals surface area contributed by atoms with Gasteiger partial charge in [0.2, 0.25) is 27.7 Å². The average Bonchev–Trinajstić information content (AvgIpc) is 3.45. The maximum Gasteiger partial charge on any atom is 0.243 e. The molecule has 4 aromatic rings. The molecule has 0 saturated heterocycles. The molecule has 3 amide bonds. The number of sulfonamides is 1. The maximum atomic E-state index is 13.9. The molecule has 0 aliphatic carbocycles. The SMILES string of the molecule is Cn1cc(CNC(=O)[C@@H]2Cc3cccc(c3)Oc3cccc(c3)C[C@H](NS(C)(=O)=O)C(=O)N[C@@H](CCc3ccccc3)C(=O)N2)cn1. The van der Waals surface area contributed by atoms with E-state index in [1.807, 2.05) is 36.4 Å². The van der Waals surface area contributed by atoms with Crippen molar-refractivity contribution >= 4 is 27.7 Å². The number of carbonyl (C=O) groups is 3. The van der Waals surface area contributed by atoms with Gasteiger partial charge in [-0.05, 0) is 60.2 Å². The van der Waals surface area contributed by atoms with Gasteiger partial charge in [-0.2, -0.15) is 5.10 Å². The number of nitrogens with one attached hydrogen (secondary N) is 4. The summed E-state index contributed by atoms with van der Waals surface area (Å²) < 4.78 is 34.8. The van der Waals surface area contributed by atoms with Crippen LogP contribution in [-0.4, -0.2) is 60.3 Å². The van der Waals surface area contributed by atoms with Crippen molar-refractivity contribution < 1.29 is 27.5 Å². The minimum atomic E-state index is -3.81. The third-order valence-electron chi connectivity index (χ3n) is 7.64. The van der Waals surface area contributed by atoms with Gasteiger partial charge < -0.3 is 20.7 Å². The van der Waals surface area contributed by atoms with Gasteiger partial charge in [-0.25, -0.2) is 13.1 Å². The van der Waals surface area contributed by atoms with Crippen LogP contribution in [0.15, 0.2) is 91.3 Å². The van der Waals surface area contributed by atoms with Gasteiger partial charge in [-0.15, -0.1) is 0 Å². The van der Waals surface area contributed by atoms with E-state index in [9.17, 15) is 22.8 Å². The second-order valence-corrected chi connectivity index (χ2v) is 13.4. The zero-order valence-corrected chi connectivity index (χ0v) is 27.0. The van der Waals surface area contributed by atoms with E-state index in [0.29, 0.717) is 23.5 Å². The molecule has 0 spiro atoms. The number of ether oxygens (including phenoxy) is 1. The molecule has 4 N–H and O–H groups in total. The summed E-state index contributed by atoms with van der Waals surface area (Å²) in [7, 11) is -2.03. The van der Waals surface area contributed by atoms with E-state index in [2.05, 4.69) is 25.8 Å². The number of hydrogen-bond acceptors (Lipinski definition) is 7. The minimum Gasteiger partial charge on any atom is -0.457 e. The van der Waals surface area contributed by atoms with Crippen LogP contribution in [0.1, 0.15) is 28.7 Å². The molecule has 1 aromatic heterocycles. The number of nitrogens with zero attached hydrogens (tertiary/aromatic N) is 2. The third kappa shape index (κ3) is 9.99. The van der Waals surface area contributed by atoms with Gasteiger partial charge in [0.15, 0.2) is 0 Å². The summed E-state index contributed by atoms with van der Waals surface area (Å²) in [5.74, 6) is -0.672. The fraction of sp³-hybridized carbons (Fsp3) is 0.294. The summed E-state index contributed by atoms with van der Waals surface area (Å²) >= 11 is 0. The first-order chi connectivity index (χ1) is 22.5. The van der Waals surface area contributed by atoms with Crippen LogP contribution in [0.4, 0.5) is 0 Å². The number of carbonyl (C=O) groups excluding carboxylic acids is 3. The van der Waals surface area contributed by atoms with Crippen LogP contribution in [0.3, 0.4) is 0 Å². The summed E-state index contributed by atoms with van der Waals surface area (Å²) in [6.45, 7) is 0.200. The van der Waals surface area contributed by atoms with Crippen LogP contribution in [0.25, 0.3) is 0 Å². The van der Waals surface area contributed by atoms with Crippen LogP contribution in [0.5, 0.6) is 11.5 Å². The summed E-state index contributed by atoms with van der Waals surface area (Å²) in [4.78, 5) is 41.2. The minimum absolute atomic E-state index is 0.00252. The molecule has 246 valence electrons. The molecule has 3 aromatic carbocycles. The first-order valence-corrected chi connectivity index (χ1v) is 17.1. The van der Waals surface area contributed by atoms with Crippen molar-refractivity contribution in [1.82, 2.24) is 30.5 Å². The Morgan fingerprint density at radius 3 is 2.23 bits per heavy atom. The summed E-state index contributed by atoms with van der Waals surface area (Å²) in [6.07, 6.45) is 5.19. The molecule has 0 unspecified atom stereocenters. The van der Waals surface area contributed by atoms with Crippen LogP contribution in [-0.2, 0) is 57.3 Å². The fourth-order valence-electron chi connectivity index (χ4n) is 5.38. The van der Waals surface area contributed by atoms with Gasteiger partial charge in [-0.1, -0.05) is 54.6 Å². The van der Waals surface area contributed by atoms with Crippen molar-refractivity contribution in [2.75, 3.05) is 6.26 Å². The van der Waals surface area contributed by atoms with Gasteiger partial charge >= 0.3 is 0 Å². The second kappa shape index (κ2) is 15.1. The normalized spacial score (nSPS) is 18.8. The van der Waals surface area contributed by atoms with Crippen molar-refractivity contribution in [1.29, 1.82) is 0 Å². The van der Waals surface area contributed by atoms with E-state index in [4.69, 9.17) is 4.74 Å². The standard InChI is InChI=1S/C34H38N6O6S/c1-40-22-26(21-36-40)20-35-32(41)30-18-24-10-6-12-27(16-24)46-28-13-7-11-25(17-28)19-31(39-47(2,44)45)34(43)37-29(33(42)38-30)15-14-23-8-4-3-5-9-23/h3-13,16-17,21-22,29-31,39H,14-15,18-20H2,1-2H3,(H,35,41)(H,37,43)(H,38,42)/t29-,30-,31-/m0/s1. The van der Waals surface area contributed by atoms with Gasteiger partial charge in [0, 0.05) is 31.8 Å². The Morgan fingerprint density at radius 2 is 1.60 bits per heavy atom. The van der Waals surface area contributed by atoms with Gasteiger partial charge in [0.25, 0.3) is 0 Å². The molecule has 12 nitrogen and oxygen atoms in total. The Labute approximate surface area is 274 Å². The molecule has 3 atom stereocenters. The van der Waals surface area contributed by atoms with E-state index in [1.165, 1.54) is 0 Å². The van der Waals surface area contributed by atoms with Crippen molar-refractivity contribution in [3.8, 4) is 11.5 Å². The number of aryl methyl sites for hydroxylation is 2. The highest BCUT2D eigenvalue weighted by atomic mass is 32.2. The highest BCUT2D eigenvalue weighted by Gasteiger charge is 2.31. The van der Waals surface area contributed by atoms with E-state index in [0.717, 1.165) is 22.9 Å². The summed E-state index contributed by atoms with van der Waals surface area (Å²) in [6, 6.07) is 20.4. The topological polar surface area (TPSA) is 161 Å². The van der Waals surface area contributed by atoms with Crippen molar-refractivity contribution in [2.24, 2.45) is 7.05 Å². The smallest absolute Gasteiger partial charge is 0.243 e. The van der Waals surface area contributed by atoms with Crippen molar-refractivity contribution in [3.05, 3.63) is 114 Å². The van der Waals surface area contributed by atoms with E-state index >= 15 is 0 Å². The Bertz CT molecular complexity index is 1830. The lowest BCUT2D eigenvalue weighted by Gasteiger charge is -2.26. The maximum absolute atomic E-state index is 13.9. The Morgan fingerprint density at radius 1 is 0.915 bits per heavy atom. The Balaban J connectivity index is 1.49. The number of fused-ring (bicyclic) bond motifs is 4. The van der Waals surface area contributed by atoms with Crippen LogP contribution in [0, 0.1) is 0 Å². The molecule has 0 radical (unpaired) electrons. The van der Waals surface area contributed by atoms with Gasteiger partial charge in [0.1, 0.15) is 29.6 Å². The first-order valence-electron chi connectivity index (χ1n) is 15.2. The number of benzene rings is 3. The number of hydrogen-bond donors (Lipinski definition) is 4. The zero-order chi connectivity index (χ0) is 33.4. The Kier molecular flexibility index (Phi) is 10.7. The molecular formula is C34H38N6O6S. The van der Waals surface area contributed by atoms with E-state index in [1.54, 1.807) is 66.6 Å². The van der Waals surface area contributed by atoms with E-state index < -0.39 is 45.9 Å². The van der Waals surface area contributed by atoms with Crippen molar-refractivity contribution in [3.63, 3.8) is 0 Å². The lowest BCUT2D eigenvalue weighted by molar-refractivity contribution is -0.132. The number of amides is 3. The zero-order valence-electron chi connectivity index (χ0n) is 26.2. The van der Waals surface area contributed by atoms with Crippen molar-refractivity contribution in [2.45, 2.75) is 50.4 Å². The molecule has 47 heavy (non-hydrogen) atoms. The molecule has 5 rings (SSSR count). The summed E-state index contributed by atoms with van der Waals surface area (Å²) in [5, 5.41) is 12.6. The largest absolute Gasteiger partial charge is 0.457 e. The highest BCUT2D eigenvalue weighted by molar-refractivity contribution is 7.88. The lowest BCUT2D eigenvalue weighted by Crippen LogP contribution is -2.57. The highest BCUT2D eigenvalue weighted by Crippen LogP contribution is 2.25. The number of rotatable bonds is 8. The number of aromatic nitrogens is 2. The molecule has 2 heterocycles. The molecule has 13 heteroatoms. The predicted molar refractivity (Wildman–Crippen MR) is 176 cm³/mol. The third-order valence-corrected chi connectivity index (χ3v) is 8.35. The molecule has 4 bridgehead atoms. The first kappa shape index (κ1) is 33.4. The molecular weight excluding hydrogens is 620 g/mol. The monoisotopic (exact) mass is 658 g/mol. The molecule has 0 fully saturated rings. The van der Waals surface area contributed by atoms with E-state index in [-0.39, 0.29) is 25.8 Å².